The van der Waals surface area contributed by atoms with Crippen LogP contribution in [0.1, 0.15) is 0 Å². The van der Waals surface area contributed by atoms with Crippen LogP contribution in [-0.4, -0.2) is 221 Å². The summed E-state index contributed by atoms with van der Waals surface area (Å²) in [4.78, 5) is 0. The van der Waals surface area contributed by atoms with Crippen molar-refractivity contribution < 1.29 is 105 Å². The van der Waals surface area contributed by atoms with E-state index in [0.29, 0.717) is 0 Å². The molecule has 18 atom stereocenters. The average molecular weight is 667 g/mol. The van der Waals surface area contributed by atoms with Gasteiger partial charge in [-0.05, 0) is 0 Å². The first-order valence-corrected chi connectivity index (χ1v) is 14.0. The molecule has 0 aromatic rings. The van der Waals surface area contributed by atoms with E-state index in [0.717, 1.165) is 0 Å². The Morgan fingerprint density at radius 3 is 1.49 bits per heavy atom. The van der Waals surface area contributed by atoms with Crippen LogP contribution in [0, 0.1) is 0 Å². The van der Waals surface area contributed by atoms with E-state index >= 15 is 0 Å². The van der Waals surface area contributed by atoms with Crippen LogP contribution in [0.4, 0.5) is 0 Å². The standard InChI is InChI=1S/C24H42O21/c25-1-7-11(30)14(33)16(35)21(40-7)42-18-10(4-28)41-22(17(36)15(18)34)45-24(20(38)13(32)9(3-27)44-24)6-39-23(5-29)19(37)12(31)8(2-26)43-23/h7-22,25-38H,1-6H2. The summed E-state index contributed by atoms with van der Waals surface area (Å²) in [6, 6.07) is 0. The molecule has 264 valence electrons. The molecular weight excluding hydrogens is 624 g/mol. The molecule has 0 amide bonds. The van der Waals surface area contributed by atoms with E-state index in [4.69, 9.17) is 33.2 Å². The summed E-state index contributed by atoms with van der Waals surface area (Å²) in [7, 11) is 0. The van der Waals surface area contributed by atoms with Crippen LogP contribution in [0.2, 0.25) is 0 Å². The van der Waals surface area contributed by atoms with Gasteiger partial charge in [-0.3, -0.25) is 0 Å². The Labute approximate surface area is 254 Å². The minimum atomic E-state index is -2.63. The summed E-state index contributed by atoms with van der Waals surface area (Å²) >= 11 is 0. The highest BCUT2D eigenvalue weighted by molar-refractivity contribution is 5.02. The highest BCUT2D eigenvalue weighted by atomic mass is 16.8. The summed E-state index contributed by atoms with van der Waals surface area (Å²) in [5.74, 6) is -5.06. The van der Waals surface area contributed by atoms with Gasteiger partial charge in [0.1, 0.15) is 98.7 Å². The predicted molar refractivity (Wildman–Crippen MR) is 134 cm³/mol. The molecule has 0 bridgehead atoms. The topological polar surface area (TPSA) is 348 Å². The molecule has 18 unspecified atom stereocenters. The van der Waals surface area contributed by atoms with Gasteiger partial charge in [-0.15, -0.1) is 0 Å². The lowest BCUT2D eigenvalue weighted by atomic mass is 9.96. The Balaban J connectivity index is 1.55. The van der Waals surface area contributed by atoms with Crippen molar-refractivity contribution >= 4 is 0 Å². The zero-order chi connectivity index (χ0) is 33.4. The van der Waals surface area contributed by atoms with E-state index in [2.05, 4.69) is 0 Å². The van der Waals surface area contributed by atoms with Crippen LogP contribution >= 0.6 is 0 Å². The number of aliphatic hydroxyl groups is 14. The Kier molecular flexibility index (Phi) is 12.1. The van der Waals surface area contributed by atoms with Crippen molar-refractivity contribution in [1.29, 1.82) is 0 Å². The van der Waals surface area contributed by atoms with Gasteiger partial charge in [-0.1, -0.05) is 0 Å². The van der Waals surface area contributed by atoms with Crippen LogP contribution in [0.25, 0.3) is 0 Å². The maximum atomic E-state index is 10.9. The fourth-order valence-corrected chi connectivity index (χ4v) is 5.63. The molecule has 4 fully saturated rings. The molecule has 0 spiro atoms. The van der Waals surface area contributed by atoms with Crippen LogP contribution in [-0.2, 0) is 33.2 Å². The summed E-state index contributed by atoms with van der Waals surface area (Å²) < 4.78 is 38.3. The molecule has 4 aliphatic rings. The first kappa shape index (κ1) is 37.0. The van der Waals surface area contributed by atoms with Crippen LogP contribution in [0.5, 0.6) is 0 Å². The first-order chi connectivity index (χ1) is 21.2. The fraction of sp³-hybridized carbons (Fsp3) is 1.00. The highest BCUT2D eigenvalue weighted by Gasteiger charge is 2.62. The van der Waals surface area contributed by atoms with E-state index in [1.165, 1.54) is 0 Å². The van der Waals surface area contributed by atoms with Crippen LogP contribution in [0.3, 0.4) is 0 Å². The summed E-state index contributed by atoms with van der Waals surface area (Å²) in [6.45, 7) is -5.64. The van der Waals surface area contributed by atoms with Crippen LogP contribution < -0.4 is 0 Å². The zero-order valence-electron chi connectivity index (χ0n) is 23.6. The summed E-state index contributed by atoms with van der Waals surface area (Å²) in [6.07, 6.45) is -28.9. The van der Waals surface area contributed by atoms with Gasteiger partial charge in [0, 0.05) is 0 Å². The first-order valence-electron chi connectivity index (χ1n) is 14.0. The number of hydrogen-bond donors (Lipinski definition) is 14. The Bertz CT molecular complexity index is 945. The van der Waals surface area contributed by atoms with Gasteiger partial charge in [-0.2, -0.15) is 0 Å². The molecule has 0 radical (unpaired) electrons. The number of rotatable bonds is 12. The number of ether oxygens (including phenoxy) is 7. The van der Waals surface area contributed by atoms with Crippen molar-refractivity contribution in [2.24, 2.45) is 0 Å². The molecule has 0 aromatic heterocycles. The monoisotopic (exact) mass is 666 g/mol. The van der Waals surface area contributed by atoms with E-state index in [1.807, 2.05) is 0 Å². The van der Waals surface area contributed by atoms with E-state index in [1.54, 1.807) is 0 Å². The van der Waals surface area contributed by atoms with E-state index in [9.17, 15) is 71.5 Å². The Hall–Kier alpha value is -0.840. The highest BCUT2D eigenvalue weighted by Crippen LogP contribution is 2.40. The molecule has 45 heavy (non-hydrogen) atoms. The molecule has 0 saturated carbocycles. The summed E-state index contributed by atoms with van der Waals surface area (Å²) in [5.41, 5.74) is 0. The van der Waals surface area contributed by atoms with Gasteiger partial charge in [-0.25, -0.2) is 0 Å². The maximum absolute atomic E-state index is 10.9. The Morgan fingerprint density at radius 1 is 0.489 bits per heavy atom. The van der Waals surface area contributed by atoms with Crippen LogP contribution in [0.15, 0.2) is 0 Å². The van der Waals surface area contributed by atoms with Crippen molar-refractivity contribution in [2.75, 3.05) is 39.6 Å². The molecule has 21 heteroatoms. The smallest absolute Gasteiger partial charge is 0.224 e. The lowest BCUT2D eigenvalue weighted by Gasteiger charge is -2.47. The van der Waals surface area contributed by atoms with Crippen molar-refractivity contribution in [3.63, 3.8) is 0 Å². The van der Waals surface area contributed by atoms with Crippen molar-refractivity contribution in [3.05, 3.63) is 0 Å². The molecule has 4 heterocycles. The lowest BCUT2D eigenvalue weighted by molar-refractivity contribution is -0.409. The van der Waals surface area contributed by atoms with Gasteiger partial charge in [0.15, 0.2) is 12.6 Å². The van der Waals surface area contributed by atoms with E-state index in [-0.39, 0.29) is 0 Å². The zero-order valence-corrected chi connectivity index (χ0v) is 23.6. The number of hydrogen-bond acceptors (Lipinski definition) is 21. The van der Waals surface area contributed by atoms with Gasteiger partial charge in [0.25, 0.3) is 0 Å². The van der Waals surface area contributed by atoms with Crippen molar-refractivity contribution in [2.45, 2.75) is 110 Å². The van der Waals surface area contributed by atoms with Gasteiger partial charge >= 0.3 is 0 Å². The minimum absolute atomic E-state index is 0.801. The van der Waals surface area contributed by atoms with Gasteiger partial charge in [0.05, 0.1) is 26.4 Å². The molecule has 0 aromatic carbocycles. The third kappa shape index (κ3) is 6.74. The molecule has 14 N–H and O–H groups in total. The van der Waals surface area contributed by atoms with Crippen molar-refractivity contribution in [3.8, 4) is 0 Å². The lowest BCUT2D eigenvalue weighted by Crippen LogP contribution is -2.66. The SMILES string of the molecule is OCC1OC(OC2C(CO)OC(OC3(COC4(CO)OC(CO)C(O)C4O)OC(CO)C(O)C3O)C(O)C2O)C(O)C(O)C1O. The second-order valence-corrected chi connectivity index (χ2v) is 11.2. The molecule has 4 saturated heterocycles. The quantitative estimate of drug-likeness (QED) is 0.0919. The third-order valence-electron chi connectivity index (χ3n) is 8.39. The largest absolute Gasteiger partial charge is 0.394 e. The molecular formula is C24H42O21. The fourth-order valence-electron chi connectivity index (χ4n) is 5.63. The second kappa shape index (κ2) is 14.7. The molecule has 4 rings (SSSR count). The van der Waals surface area contributed by atoms with E-state index < -0.39 is 149 Å². The molecule has 21 nitrogen and oxygen atoms in total. The van der Waals surface area contributed by atoms with Crippen molar-refractivity contribution in [1.82, 2.24) is 0 Å². The minimum Gasteiger partial charge on any atom is -0.394 e. The molecule has 4 aliphatic heterocycles. The normalized spacial score (nSPS) is 52.4. The maximum Gasteiger partial charge on any atom is 0.224 e. The number of aliphatic hydroxyl groups excluding tert-OH is 14. The average Bonchev–Trinajstić information content (AvgIpc) is 3.43. The molecule has 0 aliphatic carbocycles. The third-order valence-corrected chi connectivity index (χ3v) is 8.39. The van der Waals surface area contributed by atoms with Gasteiger partial charge < -0.3 is 105 Å². The summed E-state index contributed by atoms with van der Waals surface area (Å²) in [5, 5.41) is 143. The Morgan fingerprint density at radius 2 is 0.978 bits per heavy atom. The van der Waals surface area contributed by atoms with Gasteiger partial charge in [0.2, 0.25) is 11.6 Å². The predicted octanol–water partition coefficient (Wildman–Crippen LogP) is -9.75. The second-order valence-electron chi connectivity index (χ2n) is 11.2.